The lowest BCUT2D eigenvalue weighted by molar-refractivity contribution is -0.128. The maximum Gasteiger partial charge on any atom is 0.272 e. The number of aromatic nitrogens is 4. The van der Waals surface area contributed by atoms with Gasteiger partial charge in [0.15, 0.2) is 17.3 Å². The van der Waals surface area contributed by atoms with Gasteiger partial charge in [-0.2, -0.15) is 4.98 Å². The molecule has 3 amide bonds. The Balaban J connectivity index is 1.45. The Morgan fingerprint density at radius 1 is 1.20 bits per heavy atom. The molecule has 204 valence electrons. The number of rotatable bonds is 10. The van der Waals surface area contributed by atoms with Crippen LogP contribution in [0.2, 0.25) is 0 Å². The average molecular weight is 542 g/mol. The van der Waals surface area contributed by atoms with Crippen molar-refractivity contribution in [3.8, 4) is 17.1 Å². The van der Waals surface area contributed by atoms with E-state index in [-0.39, 0.29) is 41.6 Å². The molecule has 16 heteroatoms. The summed E-state index contributed by atoms with van der Waals surface area (Å²) in [5.74, 6) is 0.706. The molecule has 5 rings (SSSR count). The normalized spacial score (nSPS) is 15.1. The van der Waals surface area contributed by atoms with Gasteiger partial charge in [-0.1, -0.05) is 11.2 Å². The van der Waals surface area contributed by atoms with Gasteiger partial charge in [0, 0.05) is 24.9 Å². The molecule has 40 heavy (non-hydrogen) atoms. The summed E-state index contributed by atoms with van der Waals surface area (Å²) >= 11 is 0. The van der Waals surface area contributed by atoms with E-state index in [9.17, 15) is 14.4 Å². The molecule has 1 saturated heterocycles. The first kappa shape index (κ1) is 27.2. The third kappa shape index (κ3) is 6.27. The Kier molecular flexibility index (Phi) is 7.50. The lowest BCUT2D eigenvalue weighted by atomic mass is 9.49. The van der Waals surface area contributed by atoms with Crippen LogP contribution in [0.4, 0.5) is 17.2 Å². The molecule has 2 aromatic heterocycles. The van der Waals surface area contributed by atoms with E-state index in [2.05, 4.69) is 36.3 Å². The van der Waals surface area contributed by atoms with E-state index >= 15 is 0 Å². The molecule has 0 bridgehead atoms. The summed E-state index contributed by atoms with van der Waals surface area (Å²) in [5.41, 5.74) is 1.40. The first-order chi connectivity index (χ1) is 19.1. The zero-order valence-electron chi connectivity index (χ0n) is 22.9. The van der Waals surface area contributed by atoms with Crippen LogP contribution >= 0.6 is 0 Å². The van der Waals surface area contributed by atoms with Crippen LogP contribution in [-0.4, -0.2) is 85.4 Å². The average Bonchev–Trinajstić information content (AvgIpc) is 3.53. The molecule has 0 unspecified atom stereocenters. The maximum absolute atomic E-state index is 13.1. The van der Waals surface area contributed by atoms with Gasteiger partial charge in [-0.15, -0.1) is 10.2 Å². The number of carbonyl (C=O) groups is 3. The number of anilines is 3. The van der Waals surface area contributed by atoms with E-state index < -0.39 is 11.1 Å². The Morgan fingerprint density at radius 2 is 2.00 bits per heavy atom. The van der Waals surface area contributed by atoms with Gasteiger partial charge >= 0.3 is 0 Å². The molecule has 0 radical (unpaired) electrons. The van der Waals surface area contributed by atoms with E-state index in [0.717, 1.165) is 19.3 Å². The number of nitrogens with one attached hydrogen (secondary N) is 3. The second-order valence-electron chi connectivity index (χ2n) is 10.9. The molecule has 1 aliphatic heterocycles. The fourth-order valence-corrected chi connectivity index (χ4v) is 4.33. The highest BCUT2D eigenvalue weighted by molar-refractivity contribution is 6.60. The minimum Gasteiger partial charge on any atom is -0.494 e. The minimum absolute atomic E-state index is 0.0257. The molecule has 1 saturated carbocycles. The lowest BCUT2D eigenvalue weighted by Gasteiger charge is -2.21. The molecule has 0 atom stereocenters. The summed E-state index contributed by atoms with van der Waals surface area (Å²) in [5, 5.41) is 20.7. The number of benzene rings is 1. The smallest absolute Gasteiger partial charge is 0.272 e. The number of nitrogens with zero attached hydrogens (tertiary/aromatic N) is 5. The standard InChI is InChI=1S/C24H29B3N8O5/c1-39-20-13(21-30-17(40-34-21)11-35-9-3-6-18(35)36)4-2-5-14(20)28-15-10-16(29-22(37)12-7-8-12)32-33-19(15)23(38)31-24(25,26)27/h2,4-5,10,12H,3,6-9,11,25-27H2,1H3,(H,31,38)(H2,28,29,32,37). The quantitative estimate of drug-likeness (QED) is 0.271. The highest BCUT2D eigenvalue weighted by Gasteiger charge is 2.30. The van der Waals surface area contributed by atoms with Crippen molar-refractivity contribution in [2.75, 3.05) is 24.3 Å². The minimum atomic E-state index is -0.511. The van der Waals surface area contributed by atoms with Crippen LogP contribution in [0.1, 0.15) is 42.1 Å². The van der Waals surface area contributed by atoms with Gasteiger partial charge in [-0.3, -0.25) is 14.4 Å². The van der Waals surface area contributed by atoms with Crippen molar-refractivity contribution in [3.05, 3.63) is 35.9 Å². The van der Waals surface area contributed by atoms with Gasteiger partial charge in [-0.25, -0.2) is 0 Å². The number of ether oxygens (including phenoxy) is 1. The van der Waals surface area contributed by atoms with Crippen molar-refractivity contribution < 1.29 is 23.6 Å². The second-order valence-corrected chi connectivity index (χ2v) is 10.9. The predicted octanol–water partition coefficient (Wildman–Crippen LogP) is -1.01. The van der Waals surface area contributed by atoms with Crippen LogP contribution in [0.25, 0.3) is 11.4 Å². The van der Waals surface area contributed by atoms with E-state index in [0.29, 0.717) is 41.5 Å². The number of para-hydroxylation sites is 1. The molecule has 3 aromatic rings. The summed E-state index contributed by atoms with van der Waals surface area (Å²) in [6.07, 6.45) is 3.01. The molecule has 1 aromatic carbocycles. The highest BCUT2D eigenvalue weighted by Crippen LogP contribution is 2.37. The molecule has 3 heterocycles. The molecular weight excluding hydrogens is 513 g/mol. The zero-order chi connectivity index (χ0) is 28.4. The van der Waals surface area contributed by atoms with Crippen molar-refractivity contribution in [1.82, 2.24) is 30.6 Å². The van der Waals surface area contributed by atoms with Gasteiger partial charge < -0.3 is 30.1 Å². The molecule has 2 fully saturated rings. The first-order valence-electron chi connectivity index (χ1n) is 13.2. The van der Waals surface area contributed by atoms with Crippen molar-refractivity contribution in [2.24, 2.45) is 5.92 Å². The summed E-state index contributed by atoms with van der Waals surface area (Å²) in [4.78, 5) is 43.6. The summed E-state index contributed by atoms with van der Waals surface area (Å²) in [7, 11) is 7.09. The number of methoxy groups -OCH3 is 1. The van der Waals surface area contributed by atoms with Gasteiger partial charge in [0.05, 0.1) is 30.6 Å². The Morgan fingerprint density at radius 3 is 2.67 bits per heavy atom. The topological polar surface area (TPSA) is 164 Å². The van der Waals surface area contributed by atoms with Crippen molar-refractivity contribution in [2.45, 2.75) is 37.5 Å². The van der Waals surface area contributed by atoms with Crippen molar-refractivity contribution in [1.29, 1.82) is 0 Å². The number of hydrogen-bond donors (Lipinski definition) is 3. The first-order valence-corrected chi connectivity index (χ1v) is 13.2. The summed E-state index contributed by atoms with van der Waals surface area (Å²) in [6.45, 7) is 0.907. The van der Waals surface area contributed by atoms with Crippen LogP contribution in [0.15, 0.2) is 28.8 Å². The number of likely N-dealkylation sites (tertiary alicyclic amines) is 1. The summed E-state index contributed by atoms with van der Waals surface area (Å²) in [6, 6.07) is 6.88. The SMILES string of the molecule is BC(B)(B)NC(=O)c1nnc(NC(=O)C2CC2)cc1Nc1cccc(-c2noc(CN3CCCC3=O)n2)c1OC. The fourth-order valence-electron chi connectivity index (χ4n) is 4.33. The molecule has 13 nitrogen and oxygen atoms in total. The zero-order valence-corrected chi connectivity index (χ0v) is 22.9. The Bertz CT molecular complexity index is 1460. The second kappa shape index (κ2) is 11.0. The highest BCUT2D eigenvalue weighted by atomic mass is 16.5. The monoisotopic (exact) mass is 542 g/mol. The summed E-state index contributed by atoms with van der Waals surface area (Å²) < 4.78 is 11.1. The van der Waals surface area contributed by atoms with Crippen LogP contribution in [-0.2, 0) is 16.1 Å². The van der Waals surface area contributed by atoms with Gasteiger partial charge in [0.1, 0.15) is 23.5 Å². The number of carbonyl (C=O) groups excluding carboxylic acids is 3. The van der Waals surface area contributed by atoms with Crippen molar-refractivity contribution in [3.63, 3.8) is 0 Å². The van der Waals surface area contributed by atoms with E-state index in [1.165, 1.54) is 7.11 Å². The lowest BCUT2D eigenvalue weighted by Crippen LogP contribution is -2.50. The maximum atomic E-state index is 13.1. The van der Waals surface area contributed by atoms with Crippen LogP contribution < -0.4 is 20.7 Å². The van der Waals surface area contributed by atoms with Crippen molar-refractivity contribution >= 4 is 58.5 Å². The third-order valence-electron chi connectivity index (χ3n) is 6.39. The molecule has 1 aliphatic carbocycles. The largest absolute Gasteiger partial charge is 0.494 e. The fraction of sp³-hybridized carbons (Fsp3) is 0.375. The van der Waals surface area contributed by atoms with E-state index in [1.807, 2.05) is 23.5 Å². The molecular formula is C24H29B3N8O5. The number of hydrogen-bond acceptors (Lipinski definition) is 10. The van der Waals surface area contributed by atoms with Gasteiger partial charge in [0.2, 0.25) is 23.5 Å². The molecule has 2 aliphatic rings. The van der Waals surface area contributed by atoms with Gasteiger partial charge in [0.25, 0.3) is 5.91 Å². The molecule has 0 spiro atoms. The predicted molar refractivity (Wildman–Crippen MR) is 153 cm³/mol. The Labute approximate surface area is 233 Å². The third-order valence-corrected chi connectivity index (χ3v) is 6.39. The Hall–Kier alpha value is -4.36. The molecule has 3 N–H and O–H groups in total. The van der Waals surface area contributed by atoms with Gasteiger partial charge in [-0.05, 0) is 36.6 Å². The van der Waals surface area contributed by atoms with Crippen LogP contribution in [0.5, 0.6) is 5.75 Å². The van der Waals surface area contributed by atoms with E-state index in [1.54, 1.807) is 29.2 Å². The van der Waals surface area contributed by atoms with E-state index in [4.69, 9.17) is 9.26 Å². The van der Waals surface area contributed by atoms with Crippen LogP contribution in [0.3, 0.4) is 0 Å². The number of amides is 3. The van der Waals surface area contributed by atoms with Crippen LogP contribution in [0, 0.1) is 5.92 Å².